The lowest BCUT2D eigenvalue weighted by Crippen LogP contribution is -2.47. The highest BCUT2D eigenvalue weighted by molar-refractivity contribution is 5.78. The van der Waals surface area contributed by atoms with Crippen molar-refractivity contribution in [2.24, 2.45) is 11.3 Å². The van der Waals surface area contributed by atoms with E-state index in [2.05, 4.69) is 24.5 Å². The molecule has 192 valence electrons. The van der Waals surface area contributed by atoms with Crippen LogP contribution in [0, 0.1) is 11.3 Å². The second kappa shape index (κ2) is 14.1. The Labute approximate surface area is 203 Å². The summed E-state index contributed by atoms with van der Waals surface area (Å²) in [5.74, 6) is 1.34. The maximum Gasteiger partial charge on any atom is 0.317 e. The molecule has 3 N–H and O–H groups in total. The first-order valence-electron chi connectivity index (χ1n) is 12.1. The summed E-state index contributed by atoms with van der Waals surface area (Å²) in [5, 5.41) is 16.0. The van der Waals surface area contributed by atoms with Crippen LogP contribution in [0.4, 0.5) is 4.79 Å². The van der Waals surface area contributed by atoms with Gasteiger partial charge in [-0.15, -0.1) is 0 Å². The summed E-state index contributed by atoms with van der Waals surface area (Å²) in [7, 11) is 0. The van der Waals surface area contributed by atoms with Gasteiger partial charge in [-0.1, -0.05) is 13.8 Å². The summed E-state index contributed by atoms with van der Waals surface area (Å²) >= 11 is 0. The maximum atomic E-state index is 12.5. The number of carbonyl (C=O) groups excluding carboxylic acids is 2. The van der Waals surface area contributed by atoms with Crippen LogP contribution >= 0.6 is 0 Å². The summed E-state index contributed by atoms with van der Waals surface area (Å²) < 4.78 is 16.4. The van der Waals surface area contributed by atoms with E-state index in [1.54, 1.807) is 29.2 Å². The van der Waals surface area contributed by atoms with Crippen molar-refractivity contribution in [3.8, 4) is 11.5 Å². The molecule has 1 heterocycles. The number of esters is 1. The van der Waals surface area contributed by atoms with E-state index in [4.69, 9.17) is 14.2 Å². The smallest absolute Gasteiger partial charge is 0.317 e. The Hall–Kier alpha value is -2.36. The fraction of sp³-hybridized carbons (Fsp3) is 0.680. The zero-order chi connectivity index (χ0) is 25.0. The van der Waals surface area contributed by atoms with Crippen molar-refractivity contribution in [3.05, 3.63) is 24.3 Å². The number of nitrogens with zero attached hydrogens (tertiary/aromatic N) is 1. The van der Waals surface area contributed by atoms with Gasteiger partial charge in [-0.2, -0.15) is 0 Å². The minimum Gasteiger partial charge on any atom is -0.491 e. The minimum atomic E-state index is -0.700. The molecule has 2 rings (SSSR count). The first kappa shape index (κ1) is 27.9. The van der Waals surface area contributed by atoms with Gasteiger partial charge in [-0.3, -0.25) is 4.79 Å². The summed E-state index contributed by atoms with van der Waals surface area (Å²) in [5.41, 5.74) is -0.540. The Morgan fingerprint density at radius 1 is 1.12 bits per heavy atom. The molecule has 1 aromatic carbocycles. The first-order chi connectivity index (χ1) is 16.2. The molecule has 9 nitrogen and oxygen atoms in total. The van der Waals surface area contributed by atoms with E-state index in [1.807, 2.05) is 13.8 Å². The third kappa shape index (κ3) is 10.3. The van der Waals surface area contributed by atoms with Crippen LogP contribution in [0.3, 0.4) is 0 Å². The normalized spacial score (nSPS) is 15.2. The summed E-state index contributed by atoms with van der Waals surface area (Å²) in [6.07, 6.45) is 1.04. The Morgan fingerprint density at radius 2 is 1.76 bits per heavy atom. The van der Waals surface area contributed by atoms with Crippen molar-refractivity contribution in [1.82, 2.24) is 15.5 Å². The van der Waals surface area contributed by atoms with Crippen molar-refractivity contribution < 1.29 is 28.9 Å². The average Bonchev–Trinajstić information content (AvgIpc) is 2.82. The van der Waals surface area contributed by atoms with Crippen LogP contribution in [0.25, 0.3) is 0 Å². The maximum absolute atomic E-state index is 12.5. The monoisotopic (exact) mass is 479 g/mol. The largest absolute Gasteiger partial charge is 0.491 e. The number of morpholine rings is 1. The number of hydrogen-bond donors (Lipinski definition) is 3. The van der Waals surface area contributed by atoms with Crippen molar-refractivity contribution >= 4 is 12.0 Å². The molecule has 1 aliphatic rings. The zero-order valence-electron chi connectivity index (χ0n) is 21.0. The molecule has 0 aliphatic carbocycles. The molecular formula is C25H41N3O6. The number of amides is 2. The molecule has 0 saturated carbocycles. The number of aliphatic hydroxyl groups excluding tert-OH is 1. The van der Waals surface area contributed by atoms with Crippen molar-refractivity contribution in [2.45, 2.75) is 46.6 Å². The summed E-state index contributed by atoms with van der Waals surface area (Å²) in [6, 6.07) is 6.71. The van der Waals surface area contributed by atoms with Crippen LogP contribution in [0.5, 0.6) is 11.5 Å². The lowest BCUT2D eigenvalue weighted by Gasteiger charge is -2.27. The summed E-state index contributed by atoms with van der Waals surface area (Å²) in [6.45, 7) is 11.9. The molecule has 0 radical (unpaired) electrons. The van der Waals surface area contributed by atoms with E-state index < -0.39 is 11.5 Å². The SMILES string of the molecule is CC(C)CCC(C)(C)C(=O)Oc1ccc(OCC(O)CNCCNC(=O)N2CCOCC2)cc1. The van der Waals surface area contributed by atoms with Gasteiger partial charge in [0, 0.05) is 32.7 Å². The summed E-state index contributed by atoms with van der Waals surface area (Å²) in [4.78, 5) is 26.2. The van der Waals surface area contributed by atoms with Crippen LogP contribution in [-0.4, -0.2) is 80.7 Å². The fourth-order valence-electron chi connectivity index (χ4n) is 3.26. The lowest BCUT2D eigenvalue weighted by atomic mass is 9.85. The van der Waals surface area contributed by atoms with Crippen molar-refractivity contribution in [1.29, 1.82) is 0 Å². The number of carbonyl (C=O) groups is 2. The number of hydrogen-bond acceptors (Lipinski definition) is 7. The number of benzene rings is 1. The van der Waals surface area contributed by atoms with Gasteiger partial charge in [0.25, 0.3) is 0 Å². The number of nitrogens with one attached hydrogen (secondary N) is 2. The molecule has 0 spiro atoms. The molecule has 2 amide bonds. The van der Waals surface area contributed by atoms with Crippen LogP contribution in [0.2, 0.25) is 0 Å². The molecule has 1 aliphatic heterocycles. The standard InChI is InChI=1S/C25H41N3O6/c1-19(2)9-10-25(3,4)23(30)34-22-7-5-21(6-8-22)33-18-20(29)17-26-11-12-27-24(31)28-13-15-32-16-14-28/h5-8,19-20,26,29H,9-18H2,1-4H3,(H,27,31). The Kier molecular flexibility index (Phi) is 11.6. The third-order valence-electron chi connectivity index (χ3n) is 5.63. The van der Waals surface area contributed by atoms with Gasteiger partial charge >= 0.3 is 12.0 Å². The molecule has 9 heteroatoms. The Balaban J connectivity index is 1.61. The van der Waals surface area contributed by atoms with Crippen LogP contribution < -0.4 is 20.1 Å². The highest BCUT2D eigenvalue weighted by Gasteiger charge is 2.29. The highest BCUT2D eigenvalue weighted by atomic mass is 16.5. The topological polar surface area (TPSA) is 109 Å². The number of ether oxygens (including phenoxy) is 3. The predicted octanol–water partition coefficient (Wildman–Crippen LogP) is 2.43. The number of urea groups is 1. The van der Waals surface area contributed by atoms with Crippen LogP contribution in [0.15, 0.2) is 24.3 Å². The minimum absolute atomic E-state index is 0.0952. The highest BCUT2D eigenvalue weighted by Crippen LogP contribution is 2.28. The van der Waals surface area contributed by atoms with Crippen molar-refractivity contribution in [3.63, 3.8) is 0 Å². The van der Waals surface area contributed by atoms with Crippen LogP contribution in [0.1, 0.15) is 40.5 Å². The van der Waals surface area contributed by atoms with Gasteiger partial charge in [0.2, 0.25) is 0 Å². The van der Waals surface area contributed by atoms with Gasteiger partial charge in [0.05, 0.1) is 18.6 Å². The molecule has 1 fully saturated rings. The van der Waals surface area contributed by atoms with Gasteiger partial charge in [0.1, 0.15) is 24.2 Å². The predicted molar refractivity (Wildman–Crippen MR) is 130 cm³/mol. The molecule has 1 atom stereocenters. The third-order valence-corrected chi connectivity index (χ3v) is 5.63. The Bertz CT molecular complexity index is 748. The molecule has 0 bridgehead atoms. The quantitative estimate of drug-likeness (QED) is 0.226. The van der Waals surface area contributed by atoms with Crippen molar-refractivity contribution in [2.75, 3.05) is 52.5 Å². The first-order valence-corrected chi connectivity index (χ1v) is 12.1. The van der Waals surface area contributed by atoms with E-state index in [-0.39, 0.29) is 18.6 Å². The van der Waals surface area contributed by atoms with E-state index in [0.717, 1.165) is 12.8 Å². The second-order valence-electron chi connectivity index (χ2n) is 9.68. The van der Waals surface area contributed by atoms with Gasteiger partial charge in [0.15, 0.2) is 0 Å². The zero-order valence-corrected chi connectivity index (χ0v) is 21.0. The average molecular weight is 480 g/mol. The molecule has 1 saturated heterocycles. The second-order valence-corrected chi connectivity index (χ2v) is 9.68. The lowest BCUT2D eigenvalue weighted by molar-refractivity contribution is -0.144. The van der Waals surface area contributed by atoms with E-state index >= 15 is 0 Å². The Morgan fingerprint density at radius 3 is 2.41 bits per heavy atom. The number of aliphatic hydroxyl groups is 1. The molecule has 34 heavy (non-hydrogen) atoms. The number of rotatable bonds is 13. The van der Waals surface area contributed by atoms with Gasteiger partial charge in [-0.05, 0) is 56.9 Å². The molecule has 1 unspecified atom stereocenters. The van der Waals surface area contributed by atoms with E-state index in [0.29, 0.717) is 63.4 Å². The molecule has 1 aromatic rings. The van der Waals surface area contributed by atoms with Gasteiger partial charge < -0.3 is 34.9 Å². The van der Waals surface area contributed by atoms with Crippen LogP contribution in [-0.2, 0) is 9.53 Å². The van der Waals surface area contributed by atoms with E-state index in [9.17, 15) is 14.7 Å². The van der Waals surface area contributed by atoms with E-state index in [1.165, 1.54) is 0 Å². The molecule has 0 aromatic heterocycles. The molecular weight excluding hydrogens is 438 g/mol. The fourth-order valence-corrected chi connectivity index (χ4v) is 3.26. The van der Waals surface area contributed by atoms with Gasteiger partial charge in [-0.25, -0.2) is 4.79 Å².